The van der Waals surface area contributed by atoms with Crippen molar-refractivity contribution in [1.82, 2.24) is 0 Å². The molecule has 0 aromatic heterocycles. The highest BCUT2D eigenvalue weighted by Gasteiger charge is 2.09. The number of Topliss-reactive ketones (excluding diaryl/α,β-unsaturated/α-hetero) is 1. The molecule has 0 spiro atoms. The zero-order valence-electron chi connectivity index (χ0n) is 12.2. The molecule has 1 amide bonds. The van der Waals surface area contributed by atoms with Gasteiger partial charge in [0, 0.05) is 16.4 Å². The molecule has 0 aliphatic heterocycles. The van der Waals surface area contributed by atoms with Gasteiger partial charge in [-0.1, -0.05) is 11.6 Å². The lowest BCUT2D eigenvalue weighted by atomic mass is 10.2. The Balaban J connectivity index is 1.78. The van der Waals surface area contributed by atoms with E-state index in [0.717, 1.165) is 0 Å². The Kier molecular flexibility index (Phi) is 5.82. The second-order valence-corrected chi connectivity index (χ2v) is 5.20. The van der Waals surface area contributed by atoms with Crippen LogP contribution in [0.1, 0.15) is 6.42 Å². The summed E-state index contributed by atoms with van der Waals surface area (Å²) in [6.45, 7) is -0.155. The van der Waals surface area contributed by atoms with Crippen LogP contribution in [0.2, 0.25) is 5.02 Å². The van der Waals surface area contributed by atoms with E-state index in [-0.39, 0.29) is 18.7 Å². The van der Waals surface area contributed by atoms with E-state index in [9.17, 15) is 9.59 Å². The fourth-order valence-corrected chi connectivity index (χ4v) is 1.84. The second-order valence-electron chi connectivity index (χ2n) is 4.76. The second kappa shape index (κ2) is 8.05. The Labute approximate surface area is 138 Å². The van der Waals surface area contributed by atoms with E-state index in [0.29, 0.717) is 22.1 Å². The monoisotopic (exact) mass is 330 g/mol. The van der Waals surface area contributed by atoms with Crippen molar-refractivity contribution in [2.45, 2.75) is 6.42 Å². The van der Waals surface area contributed by atoms with Crippen molar-refractivity contribution in [2.75, 3.05) is 17.6 Å². The third-order valence-corrected chi connectivity index (χ3v) is 3.06. The van der Waals surface area contributed by atoms with Crippen LogP contribution in [0.25, 0.3) is 0 Å². The molecule has 6 nitrogen and oxygen atoms in total. The maximum Gasteiger partial charge on any atom is 0.231 e. The molecular formula is C16H15ClN4O2. The van der Waals surface area contributed by atoms with Crippen molar-refractivity contribution in [2.24, 2.45) is 10.2 Å². The van der Waals surface area contributed by atoms with Crippen LogP contribution >= 0.6 is 11.6 Å². The molecule has 0 heterocycles. The molecular weight excluding hydrogens is 316 g/mol. The Hall–Kier alpha value is -2.73. The molecule has 23 heavy (non-hydrogen) atoms. The molecule has 0 saturated carbocycles. The SMILES string of the molecule is Nc1ccc(NC(=O)CC(=O)CN=Nc2ccc(Cl)cc2)cc1. The van der Waals surface area contributed by atoms with Crippen LogP contribution in [0.15, 0.2) is 58.8 Å². The van der Waals surface area contributed by atoms with E-state index in [1.807, 2.05) is 0 Å². The van der Waals surface area contributed by atoms with Gasteiger partial charge in [0.1, 0.15) is 6.54 Å². The topological polar surface area (TPSA) is 96.9 Å². The number of amides is 1. The molecule has 2 aromatic carbocycles. The van der Waals surface area contributed by atoms with Crippen LogP contribution in [0.4, 0.5) is 17.1 Å². The maximum atomic E-state index is 11.7. The predicted octanol–water partition coefficient (Wildman–Crippen LogP) is 3.60. The molecule has 2 aromatic rings. The molecule has 0 atom stereocenters. The van der Waals surface area contributed by atoms with Crippen LogP contribution in [-0.2, 0) is 9.59 Å². The lowest BCUT2D eigenvalue weighted by Crippen LogP contribution is -2.17. The number of anilines is 2. The van der Waals surface area contributed by atoms with E-state index in [4.69, 9.17) is 17.3 Å². The summed E-state index contributed by atoms with van der Waals surface area (Å²) in [5.41, 5.74) is 7.33. The van der Waals surface area contributed by atoms with Crippen LogP contribution in [0.5, 0.6) is 0 Å². The third-order valence-electron chi connectivity index (χ3n) is 2.81. The molecule has 0 fully saturated rings. The number of halogens is 1. The molecule has 0 bridgehead atoms. The smallest absolute Gasteiger partial charge is 0.231 e. The standard InChI is InChI=1S/C16H15ClN4O2/c17-11-1-5-14(6-2-11)21-19-10-15(22)9-16(23)20-13-7-3-12(18)4-8-13/h1-8H,9-10,18H2,(H,20,23). The predicted molar refractivity (Wildman–Crippen MR) is 89.9 cm³/mol. The van der Waals surface area contributed by atoms with Gasteiger partial charge in [0.15, 0.2) is 5.78 Å². The molecule has 0 aliphatic carbocycles. The van der Waals surface area contributed by atoms with Crippen LogP contribution in [0.3, 0.4) is 0 Å². The summed E-state index contributed by atoms with van der Waals surface area (Å²) < 4.78 is 0. The third kappa shape index (κ3) is 5.88. The molecule has 2 rings (SSSR count). The number of ketones is 1. The van der Waals surface area contributed by atoms with Crippen LogP contribution in [-0.4, -0.2) is 18.2 Å². The van der Waals surface area contributed by atoms with Gasteiger partial charge in [-0.2, -0.15) is 10.2 Å². The van der Waals surface area contributed by atoms with Gasteiger partial charge in [-0.25, -0.2) is 0 Å². The van der Waals surface area contributed by atoms with Crippen molar-refractivity contribution >= 4 is 40.4 Å². The Morgan fingerprint density at radius 3 is 2.35 bits per heavy atom. The lowest BCUT2D eigenvalue weighted by molar-refractivity contribution is -0.124. The number of nitrogens with two attached hydrogens (primary N) is 1. The zero-order valence-corrected chi connectivity index (χ0v) is 13.0. The fraction of sp³-hybridized carbons (Fsp3) is 0.125. The number of nitrogen functional groups attached to an aromatic ring is 1. The van der Waals surface area contributed by atoms with Gasteiger partial charge in [0.05, 0.1) is 12.1 Å². The minimum atomic E-state index is -0.401. The van der Waals surface area contributed by atoms with Crippen molar-refractivity contribution in [3.8, 4) is 0 Å². The van der Waals surface area contributed by atoms with Crippen molar-refractivity contribution < 1.29 is 9.59 Å². The Bertz CT molecular complexity index is 712. The lowest BCUT2D eigenvalue weighted by Gasteiger charge is -2.04. The molecule has 0 saturated heterocycles. The fourth-order valence-electron chi connectivity index (χ4n) is 1.71. The van der Waals surface area contributed by atoms with Crippen molar-refractivity contribution in [3.05, 3.63) is 53.6 Å². The van der Waals surface area contributed by atoms with Gasteiger partial charge in [0.2, 0.25) is 5.91 Å². The Morgan fingerprint density at radius 2 is 1.70 bits per heavy atom. The zero-order chi connectivity index (χ0) is 16.7. The quantitative estimate of drug-likeness (QED) is 0.481. The number of benzene rings is 2. The van der Waals surface area contributed by atoms with E-state index in [1.54, 1.807) is 48.5 Å². The average molecular weight is 331 g/mol. The van der Waals surface area contributed by atoms with E-state index in [2.05, 4.69) is 15.5 Å². The van der Waals surface area contributed by atoms with Gasteiger partial charge in [-0.3, -0.25) is 9.59 Å². The number of carbonyl (C=O) groups excluding carboxylic acids is 2. The minimum Gasteiger partial charge on any atom is -0.399 e. The van der Waals surface area contributed by atoms with Gasteiger partial charge in [-0.15, -0.1) is 0 Å². The summed E-state index contributed by atoms with van der Waals surface area (Å²) in [6, 6.07) is 13.4. The summed E-state index contributed by atoms with van der Waals surface area (Å²) in [7, 11) is 0. The van der Waals surface area contributed by atoms with E-state index in [1.165, 1.54) is 0 Å². The Morgan fingerprint density at radius 1 is 1.04 bits per heavy atom. The van der Waals surface area contributed by atoms with Gasteiger partial charge >= 0.3 is 0 Å². The highest BCUT2D eigenvalue weighted by molar-refractivity contribution is 6.30. The number of azo groups is 1. The first-order valence-electron chi connectivity index (χ1n) is 6.83. The van der Waals surface area contributed by atoms with Gasteiger partial charge < -0.3 is 11.1 Å². The highest BCUT2D eigenvalue weighted by atomic mass is 35.5. The normalized spacial score (nSPS) is 10.7. The summed E-state index contributed by atoms with van der Waals surface area (Å²) in [6.07, 6.45) is -0.260. The number of rotatable bonds is 6. The number of hydrogen-bond donors (Lipinski definition) is 2. The summed E-state index contributed by atoms with van der Waals surface area (Å²) >= 11 is 5.75. The van der Waals surface area contributed by atoms with Crippen molar-refractivity contribution in [1.29, 1.82) is 0 Å². The first kappa shape index (κ1) is 16.6. The highest BCUT2D eigenvalue weighted by Crippen LogP contribution is 2.16. The minimum absolute atomic E-state index is 0.155. The number of carbonyl (C=O) groups is 2. The molecule has 7 heteroatoms. The van der Waals surface area contributed by atoms with Gasteiger partial charge in [-0.05, 0) is 48.5 Å². The summed E-state index contributed by atoms with van der Waals surface area (Å²) in [5, 5.41) is 10.9. The van der Waals surface area contributed by atoms with Crippen LogP contribution in [0, 0.1) is 0 Å². The molecule has 0 unspecified atom stereocenters. The van der Waals surface area contributed by atoms with Crippen molar-refractivity contribution in [3.63, 3.8) is 0 Å². The first-order chi connectivity index (χ1) is 11.0. The van der Waals surface area contributed by atoms with E-state index < -0.39 is 5.91 Å². The summed E-state index contributed by atoms with van der Waals surface area (Å²) in [4.78, 5) is 23.4. The molecule has 0 radical (unpaired) electrons. The number of nitrogens with one attached hydrogen (secondary N) is 1. The van der Waals surface area contributed by atoms with E-state index >= 15 is 0 Å². The largest absolute Gasteiger partial charge is 0.399 e. The average Bonchev–Trinajstić information content (AvgIpc) is 2.51. The first-order valence-corrected chi connectivity index (χ1v) is 7.21. The van der Waals surface area contributed by atoms with Crippen LogP contribution < -0.4 is 11.1 Å². The molecule has 118 valence electrons. The van der Waals surface area contributed by atoms with Gasteiger partial charge in [0.25, 0.3) is 0 Å². The summed E-state index contributed by atoms with van der Waals surface area (Å²) in [5.74, 6) is -0.725. The molecule has 3 N–H and O–H groups in total. The maximum absolute atomic E-state index is 11.7. The number of nitrogens with zero attached hydrogens (tertiary/aromatic N) is 2. The number of hydrogen-bond acceptors (Lipinski definition) is 5. The molecule has 0 aliphatic rings.